The number of rotatable bonds is 2. The maximum atomic E-state index is 12.1. The number of amides is 1. The fraction of sp³-hybridized carbons (Fsp3) is 0.0588. The molecule has 1 heterocycles. The Morgan fingerprint density at radius 1 is 1.26 bits per heavy atom. The van der Waals surface area contributed by atoms with Gasteiger partial charge in [0.05, 0.1) is 10.6 Å². The minimum atomic E-state index is -0.221. The van der Waals surface area contributed by atoms with Crippen molar-refractivity contribution in [2.45, 2.75) is 6.92 Å². The Morgan fingerprint density at radius 2 is 2.04 bits per heavy atom. The Kier molecular flexibility index (Phi) is 4.54. The van der Waals surface area contributed by atoms with Gasteiger partial charge in [-0.1, -0.05) is 34.1 Å². The Morgan fingerprint density at radius 3 is 2.83 bits per heavy atom. The number of phenolic OH excluding ortho intramolecular Hbond substituents is 1. The molecule has 2 aromatic carbocycles. The van der Waals surface area contributed by atoms with Crippen LogP contribution in [0.5, 0.6) is 5.75 Å². The summed E-state index contributed by atoms with van der Waals surface area (Å²) in [5.41, 5.74) is 2.44. The summed E-state index contributed by atoms with van der Waals surface area (Å²) in [7, 11) is 0. The molecule has 0 aromatic heterocycles. The third kappa shape index (κ3) is 3.65. The van der Waals surface area contributed by atoms with Gasteiger partial charge in [-0.05, 0) is 54.6 Å². The van der Waals surface area contributed by atoms with Crippen LogP contribution in [0.15, 0.2) is 56.8 Å². The highest BCUT2D eigenvalue weighted by Gasteiger charge is 2.24. The highest BCUT2D eigenvalue weighted by atomic mass is 79.9. The second-order valence-corrected chi connectivity index (χ2v) is 6.92. The van der Waals surface area contributed by atoms with Gasteiger partial charge in [-0.25, -0.2) is 4.99 Å². The Hall–Kier alpha value is -2.05. The number of aromatic hydroxyl groups is 1. The van der Waals surface area contributed by atoms with Crippen molar-refractivity contribution in [1.82, 2.24) is 5.32 Å². The van der Waals surface area contributed by atoms with E-state index in [2.05, 4.69) is 26.2 Å². The summed E-state index contributed by atoms with van der Waals surface area (Å²) in [6, 6.07) is 12.8. The lowest BCUT2D eigenvalue weighted by Crippen LogP contribution is -2.19. The van der Waals surface area contributed by atoms with Crippen molar-refractivity contribution >= 4 is 50.5 Å². The molecule has 1 saturated heterocycles. The zero-order valence-electron chi connectivity index (χ0n) is 12.2. The number of nitrogens with one attached hydrogen (secondary N) is 1. The smallest absolute Gasteiger partial charge is 0.264 e. The summed E-state index contributed by atoms with van der Waals surface area (Å²) in [5.74, 6) is -0.0971. The highest BCUT2D eigenvalue weighted by molar-refractivity contribution is 9.10. The van der Waals surface area contributed by atoms with Crippen LogP contribution in [-0.4, -0.2) is 16.2 Å². The molecule has 0 atom stereocenters. The van der Waals surface area contributed by atoms with E-state index in [-0.39, 0.29) is 11.7 Å². The van der Waals surface area contributed by atoms with Crippen molar-refractivity contribution in [3.63, 3.8) is 0 Å². The number of benzene rings is 2. The molecule has 0 unspecified atom stereocenters. The van der Waals surface area contributed by atoms with Crippen LogP contribution in [0, 0.1) is 6.92 Å². The first-order chi connectivity index (χ1) is 11.0. The average molecular weight is 389 g/mol. The van der Waals surface area contributed by atoms with Crippen molar-refractivity contribution in [2.24, 2.45) is 4.99 Å². The molecule has 4 nitrogen and oxygen atoms in total. The van der Waals surface area contributed by atoms with Crippen molar-refractivity contribution in [3.8, 4) is 5.75 Å². The summed E-state index contributed by atoms with van der Waals surface area (Å²) in [4.78, 5) is 17.1. The number of nitrogens with zero attached hydrogens (tertiary/aromatic N) is 1. The van der Waals surface area contributed by atoms with E-state index in [0.717, 1.165) is 15.7 Å². The first-order valence-corrected chi connectivity index (χ1v) is 8.47. The molecule has 3 rings (SSSR count). The molecule has 1 fully saturated rings. The van der Waals surface area contributed by atoms with E-state index in [9.17, 15) is 9.90 Å². The quantitative estimate of drug-likeness (QED) is 0.751. The van der Waals surface area contributed by atoms with Crippen molar-refractivity contribution in [3.05, 3.63) is 63.0 Å². The molecule has 0 radical (unpaired) electrons. The second kappa shape index (κ2) is 6.60. The Bertz CT molecular complexity index is 846. The fourth-order valence-corrected chi connectivity index (χ4v) is 3.27. The second-order valence-electron chi connectivity index (χ2n) is 4.97. The van der Waals surface area contributed by atoms with Gasteiger partial charge in [-0.3, -0.25) is 4.79 Å². The van der Waals surface area contributed by atoms with E-state index >= 15 is 0 Å². The van der Waals surface area contributed by atoms with Crippen LogP contribution in [0.4, 0.5) is 5.69 Å². The molecule has 0 aliphatic carbocycles. The van der Waals surface area contributed by atoms with Crippen LogP contribution in [0.2, 0.25) is 0 Å². The normalized spacial score (nSPS) is 17.7. The number of hydrogen-bond acceptors (Lipinski definition) is 4. The van der Waals surface area contributed by atoms with Gasteiger partial charge in [0.2, 0.25) is 0 Å². The summed E-state index contributed by atoms with van der Waals surface area (Å²) >= 11 is 4.61. The first-order valence-electron chi connectivity index (χ1n) is 6.86. The highest BCUT2D eigenvalue weighted by Crippen LogP contribution is 2.31. The van der Waals surface area contributed by atoms with Gasteiger partial charge in [0.25, 0.3) is 5.91 Å². The van der Waals surface area contributed by atoms with E-state index in [1.54, 1.807) is 24.3 Å². The summed E-state index contributed by atoms with van der Waals surface area (Å²) < 4.78 is 0.833. The number of hydrogen-bond donors (Lipinski definition) is 2. The topological polar surface area (TPSA) is 61.7 Å². The zero-order valence-corrected chi connectivity index (χ0v) is 14.6. The van der Waals surface area contributed by atoms with E-state index in [0.29, 0.717) is 15.6 Å². The number of thioether (sulfide) groups is 1. The summed E-state index contributed by atoms with van der Waals surface area (Å²) in [6.07, 6.45) is 1.65. The molecule has 0 bridgehead atoms. The third-order valence-electron chi connectivity index (χ3n) is 3.26. The summed E-state index contributed by atoms with van der Waals surface area (Å²) in [6.45, 7) is 1.97. The van der Waals surface area contributed by atoms with Gasteiger partial charge >= 0.3 is 0 Å². The summed E-state index contributed by atoms with van der Waals surface area (Å²) in [5, 5.41) is 13.2. The molecule has 2 N–H and O–H groups in total. The third-order valence-corrected chi connectivity index (χ3v) is 4.67. The molecular weight excluding hydrogens is 376 g/mol. The minimum absolute atomic E-state index is 0.124. The molecule has 1 amide bonds. The fourth-order valence-electron chi connectivity index (χ4n) is 2.06. The largest absolute Gasteiger partial charge is 0.507 e. The Labute approximate surface area is 146 Å². The zero-order chi connectivity index (χ0) is 16.4. The van der Waals surface area contributed by atoms with Gasteiger partial charge in [-0.2, -0.15) is 0 Å². The van der Waals surface area contributed by atoms with E-state index < -0.39 is 0 Å². The SMILES string of the molecule is Cc1ccccc1N=C1NC(=O)C(=Cc2cc(Br)ccc2O)S1. The number of carbonyl (C=O) groups is 1. The lowest BCUT2D eigenvalue weighted by Gasteiger charge is -2.00. The molecule has 2 aromatic rings. The molecule has 0 saturated carbocycles. The van der Waals surface area contributed by atoms with Gasteiger partial charge in [0, 0.05) is 10.0 Å². The van der Waals surface area contributed by atoms with Crippen LogP contribution in [0.25, 0.3) is 6.08 Å². The number of aliphatic imine (C=N–C) groups is 1. The van der Waals surface area contributed by atoms with Gasteiger partial charge in [0.1, 0.15) is 5.75 Å². The van der Waals surface area contributed by atoms with Crippen LogP contribution < -0.4 is 5.32 Å². The van der Waals surface area contributed by atoms with Gasteiger partial charge in [0.15, 0.2) is 5.17 Å². The van der Waals surface area contributed by atoms with Crippen molar-refractivity contribution in [1.29, 1.82) is 0 Å². The van der Waals surface area contributed by atoms with Crippen LogP contribution in [0.1, 0.15) is 11.1 Å². The number of amidine groups is 1. The molecule has 23 heavy (non-hydrogen) atoms. The van der Waals surface area contributed by atoms with Crippen LogP contribution >= 0.6 is 27.7 Å². The maximum Gasteiger partial charge on any atom is 0.264 e. The van der Waals surface area contributed by atoms with Crippen LogP contribution in [0.3, 0.4) is 0 Å². The van der Waals surface area contributed by atoms with Gasteiger partial charge < -0.3 is 10.4 Å². The number of carbonyl (C=O) groups excluding carboxylic acids is 1. The standard InChI is InChI=1S/C17H13BrN2O2S/c1-10-4-2-3-5-13(10)19-17-20-16(22)15(23-17)9-11-8-12(18)6-7-14(11)21/h2-9,21H,1H3,(H,19,20,22). The lowest BCUT2D eigenvalue weighted by atomic mass is 10.2. The van der Waals surface area contributed by atoms with E-state index in [4.69, 9.17) is 0 Å². The molecular formula is C17H13BrN2O2S. The first kappa shape index (κ1) is 15.8. The van der Waals surface area contributed by atoms with Crippen molar-refractivity contribution < 1.29 is 9.90 Å². The van der Waals surface area contributed by atoms with E-state index in [1.165, 1.54) is 11.8 Å². The van der Waals surface area contributed by atoms with E-state index in [1.807, 2.05) is 31.2 Å². The molecule has 0 spiro atoms. The molecule has 1 aliphatic rings. The number of halogens is 1. The predicted octanol–water partition coefficient (Wildman–Crippen LogP) is 4.35. The number of aryl methyl sites for hydroxylation is 1. The molecule has 6 heteroatoms. The minimum Gasteiger partial charge on any atom is -0.507 e. The van der Waals surface area contributed by atoms with Crippen LogP contribution in [-0.2, 0) is 4.79 Å². The molecule has 116 valence electrons. The number of phenols is 1. The maximum absolute atomic E-state index is 12.1. The average Bonchev–Trinajstić information content (AvgIpc) is 2.85. The van der Waals surface area contributed by atoms with Gasteiger partial charge in [-0.15, -0.1) is 0 Å². The predicted molar refractivity (Wildman–Crippen MR) is 97.8 cm³/mol. The monoisotopic (exact) mass is 388 g/mol. The number of para-hydroxylation sites is 1. The lowest BCUT2D eigenvalue weighted by molar-refractivity contribution is -0.115. The molecule has 1 aliphatic heterocycles. The van der Waals surface area contributed by atoms with Crippen molar-refractivity contribution in [2.75, 3.05) is 0 Å². The Balaban J connectivity index is 1.90.